The number of alkyl halides is 2. The lowest BCUT2D eigenvalue weighted by Gasteiger charge is -2.28. The maximum absolute atomic E-state index is 12.9. The summed E-state index contributed by atoms with van der Waals surface area (Å²) in [6.45, 7) is 3.40. The molecule has 2 aliphatic rings. The molecule has 2 aromatic rings. The topological polar surface area (TPSA) is 92.8 Å². The second kappa shape index (κ2) is 9.76. The van der Waals surface area contributed by atoms with E-state index in [-0.39, 0.29) is 28.1 Å². The summed E-state index contributed by atoms with van der Waals surface area (Å²) in [6, 6.07) is 11.6. The summed E-state index contributed by atoms with van der Waals surface area (Å²) in [7, 11) is 0. The number of nitrogens with zero attached hydrogens (tertiary/aromatic N) is 1. The third-order valence-electron chi connectivity index (χ3n) is 6.11. The Balaban J connectivity index is 1.37. The summed E-state index contributed by atoms with van der Waals surface area (Å²) in [5, 5.41) is 1.99. The van der Waals surface area contributed by atoms with Crippen LogP contribution in [0.25, 0.3) is 0 Å². The van der Waals surface area contributed by atoms with Gasteiger partial charge in [-0.25, -0.2) is 4.79 Å². The molecule has 2 aromatic carbocycles. The number of carbonyl (C=O) groups excluding carboxylic acids is 4. The minimum atomic E-state index is -0.690. The van der Waals surface area contributed by atoms with Gasteiger partial charge in [0.05, 0.1) is 33.8 Å². The number of benzene rings is 2. The first-order valence-electron chi connectivity index (χ1n) is 11.0. The number of anilines is 2. The number of halogens is 2. The molecule has 9 heteroatoms. The Morgan fingerprint density at radius 2 is 1.47 bits per heavy atom. The molecule has 4 rings (SSSR count). The molecule has 0 bridgehead atoms. The van der Waals surface area contributed by atoms with Crippen LogP contribution in [0, 0.1) is 25.7 Å². The Bertz CT molecular complexity index is 1100. The number of esters is 1. The zero-order chi connectivity index (χ0) is 24.6. The molecular weight excluding hydrogens is 479 g/mol. The smallest absolute Gasteiger partial charge is 0.338 e. The van der Waals surface area contributed by atoms with Crippen molar-refractivity contribution in [2.75, 3.05) is 16.8 Å². The lowest BCUT2D eigenvalue weighted by atomic mass is 9.80. The van der Waals surface area contributed by atoms with Gasteiger partial charge in [-0.3, -0.25) is 19.3 Å². The first-order valence-corrected chi connectivity index (χ1v) is 11.8. The van der Waals surface area contributed by atoms with E-state index >= 15 is 0 Å². The lowest BCUT2D eigenvalue weighted by Crippen LogP contribution is -2.34. The fourth-order valence-electron chi connectivity index (χ4n) is 4.55. The number of ether oxygens (including phenoxy) is 1. The number of carbonyl (C=O) groups is 4. The Hall–Kier alpha value is -2.90. The van der Waals surface area contributed by atoms with Gasteiger partial charge in [0.15, 0.2) is 6.61 Å². The van der Waals surface area contributed by atoms with Gasteiger partial charge in [-0.2, -0.15) is 0 Å². The van der Waals surface area contributed by atoms with E-state index in [0.717, 1.165) is 16.0 Å². The van der Waals surface area contributed by atoms with Crippen LogP contribution in [0.5, 0.6) is 0 Å². The van der Waals surface area contributed by atoms with Crippen LogP contribution in [0.3, 0.4) is 0 Å². The van der Waals surface area contributed by atoms with Crippen molar-refractivity contribution in [3.63, 3.8) is 0 Å². The van der Waals surface area contributed by atoms with E-state index in [9.17, 15) is 19.2 Å². The second-order valence-electron chi connectivity index (χ2n) is 8.78. The zero-order valence-corrected chi connectivity index (χ0v) is 20.2. The average molecular weight is 503 g/mol. The first-order chi connectivity index (χ1) is 16.1. The molecule has 3 amide bonds. The van der Waals surface area contributed by atoms with Crippen LogP contribution in [0.4, 0.5) is 11.4 Å². The highest BCUT2D eigenvalue weighted by Gasteiger charge is 2.52. The van der Waals surface area contributed by atoms with Crippen molar-refractivity contribution in [2.45, 2.75) is 37.4 Å². The first kappa shape index (κ1) is 24.2. The largest absolute Gasteiger partial charge is 0.452 e. The van der Waals surface area contributed by atoms with Crippen LogP contribution >= 0.6 is 23.2 Å². The summed E-state index contributed by atoms with van der Waals surface area (Å²) in [6.07, 6.45) is 0.714. The Morgan fingerprint density at radius 3 is 2.00 bits per heavy atom. The Morgan fingerprint density at radius 1 is 0.941 bits per heavy atom. The van der Waals surface area contributed by atoms with Gasteiger partial charge in [0, 0.05) is 5.69 Å². The molecule has 2 fully saturated rings. The molecule has 0 aromatic heterocycles. The highest BCUT2D eigenvalue weighted by molar-refractivity contribution is 6.31. The fourth-order valence-corrected chi connectivity index (χ4v) is 5.14. The molecule has 0 spiro atoms. The minimum absolute atomic E-state index is 0.195. The molecule has 1 aliphatic carbocycles. The van der Waals surface area contributed by atoms with Crippen molar-refractivity contribution in [3.8, 4) is 0 Å². The van der Waals surface area contributed by atoms with E-state index in [4.69, 9.17) is 27.9 Å². The third kappa shape index (κ3) is 4.95. The van der Waals surface area contributed by atoms with Crippen LogP contribution in [0.2, 0.25) is 0 Å². The summed E-state index contributed by atoms with van der Waals surface area (Å²) < 4.78 is 5.10. The molecule has 7 nitrogen and oxygen atoms in total. The summed E-state index contributed by atoms with van der Waals surface area (Å²) in [5.74, 6) is -2.72. The van der Waals surface area contributed by atoms with E-state index < -0.39 is 30.3 Å². The van der Waals surface area contributed by atoms with Crippen LogP contribution in [0.1, 0.15) is 34.3 Å². The number of fused-ring (bicyclic) bond motifs is 1. The number of rotatable bonds is 5. The number of imide groups is 1. The molecule has 1 heterocycles. The number of hydrogen-bond acceptors (Lipinski definition) is 5. The number of nitrogens with one attached hydrogen (secondary N) is 1. The van der Waals surface area contributed by atoms with Gasteiger partial charge in [0.2, 0.25) is 11.8 Å². The molecule has 1 saturated carbocycles. The normalized spacial score (nSPS) is 24.1. The Labute approximate surface area is 207 Å². The predicted octanol–water partition coefficient (Wildman–Crippen LogP) is 4.21. The van der Waals surface area contributed by atoms with Gasteiger partial charge in [-0.1, -0.05) is 6.07 Å². The number of aryl methyl sites for hydroxylation is 2. The molecule has 1 saturated heterocycles. The quantitative estimate of drug-likeness (QED) is 0.375. The van der Waals surface area contributed by atoms with Gasteiger partial charge in [-0.05, 0) is 74.2 Å². The van der Waals surface area contributed by atoms with E-state index in [1.54, 1.807) is 0 Å². The van der Waals surface area contributed by atoms with E-state index in [1.807, 2.05) is 32.0 Å². The standard InChI is InChI=1S/C25H24Cl2N2O5/c1-13-7-14(2)9-16(8-13)28-22(30)12-34-25(33)15-3-5-17(6-4-15)29-23(31)18-10-20(26)21(27)11-19(18)24(29)32/h3-9,18-21H,10-12H2,1-2H3,(H,28,30)/t18-,19-,20+,21+/m1/s1. The molecule has 1 aliphatic heterocycles. The van der Waals surface area contributed by atoms with Crippen LogP contribution in [-0.2, 0) is 19.1 Å². The molecule has 1 N–H and O–H groups in total. The highest BCUT2D eigenvalue weighted by atomic mass is 35.5. The van der Waals surface area contributed by atoms with Crippen molar-refractivity contribution in [2.24, 2.45) is 11.8 Å². The molecule has 0 radical (unpaired) electrons. The average Bonchev–Trinajstić information content (AvgIpc) is 3.01. The summed E-state index contributed by atoms with van der Waals surface area (Å²) in [5.41, 5.74) is 3.20. The van der Waals surface area contributed by atoms with Gasteiger partial charge < -0.3 is 10.1 Å². The van der Waals surface area contributed by atoms with E-state index in [1.165, 1.54) is 24.3 Å². The third-order valence-corrected chi connectivity index (χ3v) is 7.21. The summed E-state index contributed by atoms with van der Waals surface area (Å²) in [4.78, 5) is 51.4. The minimum Gasteiger partial charge on any atom is -0.452 e. The van der Waals surface area contributed by atoms with Gasteiger partial charge in [-0.15, -0.1) is 23.2 Å². The van der Waals surface area contributed by atoms with Crippen LogP contribution < -0.4 is 10.2 Å². The van der Waals surface area contributed by atoms with Crippen LogP contribution in [-0.4, -0.2) is 41.1 Å². The molecule has 34 heavy (non-hydrogen) atoms. The molecular formula is C25H24Cl2N2O5. The van der Waals surface area contributed by atoms with E-state index in [0.29, 0.717) is 24.2 Å². The number of amides is 3. The lowest BCUT2D eigenvalue weighted by molar-refractivity contribution is -0.122. The SMILES string of the molecule is Cc1cc(C)cc(NC(=O)COC(=O)c2ccc(N3C(=O)[C@@H]4C[C@H](Cl)[C@@H](Cl)C[C@H]4C3=O)cc2)c1. The van der Waals surface area contributed by atoms with Crippen molar-refractivity contribution in [3.05, 3.63) is 59.2 Å². The number of hydrogen-bond donors (Lipinski definition) is 1. The molecule has 4 atom stereocenters. The van der Waals surface area contributed by atoms with Crippen LogP contribution in [0.15, 0.2) is 42.5 Å². The maximum atomic E-state index is 12.9. The second-order valence-corrected chi connectivity index (χ2v) is 9.90. The fraction of sp³-hybridized carbons (Fsp3) is 0.360. The monoisotopic (exact) mass is 502 g/mol. The Kier molecular flexibility index (Phi) is 6.96. The van der Waals surface area contributed by atoms with Crippen molar-refractivity contribution in [1.29, 1.82) is 0 Å². The molecule has 178 valence electrons. The van der Waals surface area contributed by atoms with Crippen molar-refractivity contribution >= 4 is 58.3 Å². The zero-order valence-electron chi connectivity index (χ0n) is 18.7. The van der Waals surface area contributed by atoms with E-state index in [2.05, 4.69) is 5.32 Å². The maximum Gasteiger partial charge on any atom is 0.338 e. The molecule has 0 unspecified atom stereocenters. The van der Waals surface area contributed by atoms with Crippen molar-refractivity contribution in [1.82, 2.24) is 0 Å². The van der Waals surface area contributed by atoms with Gasteiger partial charge >= 0.3 is 5.97 Å². The highest BCUT2D eigenvalue weighted by Crippen LogP contribution is 2.43. The summed E-state index contributed by atoms with van der Waals surface area (Å²) >= 11 is 12.4. The van der Waals surface area contributed by atoms with Crippen molar-refractivity contribution < 1.29 is 23.9 Å². The predicted molar refractivity (Wildman–Crippen MR) is 129 cm³/mol. The van der Waals surface area contributed by atoms with Gasteiger partial charge in [0.1, 0.15) is 0 Å². The van der Waals surface area contributed by atoms with Gasteiger partial charge in [0.25, 0.3) is 5.91 Å².